The van der Waals surface area contributed by atoms with Gasteiger partial charge in [-0.25, -0.2) is 8.42 Å². The lowest BCUT2D eigenvalue weighted by Crippen LogP contribution is -2.32. The summed E-state index contributed by atoms with van der Waals surface area (Å²) in [5, 5.41) is 15.2. The average Bonchev–Trinajstić information content (AvgIpc) is 3.34. The normalized spacial score (nSPS) is 14.3. The number of nitrogens with zero attached hydrogens (tertiary/aromatic N) is 6. The van der Waals surface area contributed by atoms with Crippen molar-refractivity contribution in [1.29, 1.82) is 0 Å². The van der Waals surface area contributed by atoms with Crippen LogP contribution in [-0.4, -0.2) is 65.0 Å². The summed E-state index contributed by atoms with van der Waals surface area (Å²) >= 11 is 0. The Morgan fingerprint density at radius 2 is 1.74 bits per heavy atom. The molecule has 2 heterocycles. The Balaban J connectivity index is 1.58. The molecule has 1 fully saturated rings. The summed E-state index contributed by atoms with van der Waals surface area (Å²) in [6, 6.07) is 14.4. The summed E-state index contributed by atoms with van der Waals surface area (Å²) in [4.78, 5) is 16.5. The number of anilines is 2. The first kappa shape index (κ1) is 24.8. The van der Waals surface area contributed by atoms with Gasteiger partial charge < -0.3 is 10.2 Å². The third-order valence-electron chi connectivity index (χ3n) is 6.05. The number of hydrogen-bond acceptors (Lipinski definition) is 7. The number of nitrogens with one attached hydrogen (secondary N) is 1. The number of carbonyl (C=O) groups is 1. The summed E-state index contributed by atoms with van der Waals surface area (Å²) in [6.07, 6.45) is 3.27. The lowest BCUT2D eigenvalue weighted by molar-refractivity contribution is -0.117. The van der Waals surface area contributed by atoms with Gasteiger partial charge in [0.15, 0.2) is 0 Å². The maximum atomic E-state index is 13.1. The van der Waals surface area contributed by atoms with Gasteiger partial charge in [0.2, 0.25) is 21.8 Å². The van der Waals surface area contributed by atoms with E-state index in [9.17, 15) is 13.2 Å². The van der Waals surface area contributed by atoms with Crippen LogP contribution in [0, 0.1) is 0 Å². The molecule has 0 saturated carbocycles. The summed E-state index contributed by atoms with van der Waals surface area (Å²) < 4.78 is 27.6. The standard InChI is InChI=1S/C24H31N7O3S/c1-3-30(4-2)35(33,34)20-13-14-22(29-15-9-6-10-16-29)21(17-20)25-23(32)18-31-27-24(26-28-31)19-11-7-5-8-12-19/h5,7-8,11-14,17H,3-4,6,9-10,15-16,18H2,1-2H3,(H,25,32). The highest BCUT2D eigenvalue weighted by Gasteiger charge is 2.25. The second kappa shape index (κ2) is 11.0. The van der Waals surface area contributed by atoms with E-state index in [1.807, 2.05) is 30.3 Å². The molecule has 0 bridgehead atoms. The quantitative estimate of drug-likeness (QED) is 0.483. The van der Waals surface area contributed by atoms with Crippen molar-refractivity contribution in [1.82, 2.24) is 24.5 Å². The zero-order valence-electron chi connectivity index (χ0n) is 20.1. The summed E-state index contributed by atoms with van der Waals surface area (Å²) in [7, 11) is -3.67. The zero-order chi connectivity index (χ0) is 24.8. The molecular weight excluding hydrogens is 466 g/mol. The molecule has 1 amide bonds. The first-order valence-electron chi connectivity index (χ1n) is 11.9. The highest BCUT2D eigenvalue weighted by atomic mass is 32.2. The molecule has 3 aromatic rings. The predicted molar refractivity (Wildman–Crippen MR) is 134 cm³/mol. The molecule has 4 rings (SSSR count). The Hall–Kier alpha value is -3.31. The molecule has 1 aliphatic rings. The first-order chi connectivity index (χ1) is 16.9. The van der Waals surface area contributed by atoms with Gasteiger partial charge in [0.1, 0.15) is 6.54 Å². The van der Waals surface area contributed by atoms with E-state index < -0.39 is 10.0 Å². The molecule has 186 valence electrons. The van der Waals surface area contributed by atoms with Crippen molar-refractivity contribution in [2.45, 2.75) is 44.6 Å². The van der Waals surface area contributed by atoms with Crippen LogP contribution in [0.4, 0.5) is 11.4 Å². The van der Waals surface area contributed by atoms with Gasteiger partial charge in [-0.1, -0.05) is 44.2 Å². The van der Waals surface area contributed by atoms with Crippen molar-refractivity contribution in [2.24, 2.45) is 0 Å². The average molecular weight is 498 g/mol. The molecular formula is C24H31N7O3S. The number of tetrazole rings is 1. The van der Waals surface area contributed by atoms with Crippen LogP contribution >= 0.6 is 0 Å². The summed E-state index contributed by atoms with van der Waals surface area (Å²) in [5.41, 5.74) is 2.09. The number of hydrogen-bond donors (Lipinski definition) is 1. The molecule has 1 saturated heterocycles. The topological polar surface area (TPSA) is 113 Å². The van der Waals surface area contributed by atoms with Crippen molar-refractivity contribution in [3.05, 3.63) is 48.5 Å². The SMILES string of the molecule is CCN(CC)S(=O)(=O)c1ccc(N2CCCCC2)c(NC(=O)Cn2nnc(-c3ccccc3)n2)c1. The molecule has 35 heavy (non-hydrogen) atoms. The van der Waals surface area contributed by atoms with E-state index in [2.05, 4.69) is 25.6 Å². The Bertz CT molecular complexity index is 1250. The molecule has 1 N–H and O–H groups in total. The number of aromatic nitrogens is 4. The molecule has 0 radical (unpaired) electrons. The number of sulfonamides is 1. The van der Waals surface area contributed by atoms with Crippen LogP contribution in [0.2, 0.25) is 0 Å². The minimum atomic E-state index is -3.67. The minimum Gasteiger partial charge on any atom is -0.370 e. The first-order valence-corrected chi connectivity index (χ1v) is 13.4. The van der Waals surface area contributed by atoms with Gasteiger partial charge in [0, 0.05) is 31.7 Å². The highest BCUT2D eigenvalue weighted by molar-refractivity contribution is 7.89. The van der Waals surface area contributed by atoms with Gasteiger partial charge >= 0.3 is 0 Å². The van der Waals surface area contributed by atoms with Gasteiger partial charge in [-0.2, -0.15) is 9.10 Å². The van der Waals surface area contributed by atoms with E-state index in [0.29, 0.717) is 24.6 Å². The van der Waals surface area contributed by atoms with Crippen LogP contribution in [0.1, 0.15) is 33.1 Å². The van der Waals surface area contributed by atoms with Crippen LogP contribution < -0.4 is 10.2 Å². The molecule has 1 aliphatic heterocycles. The Kier molecular flexibility index (Phi) is 7.76. The Labute approximate surface area is 206 Å². The van der Waals surface area contributed by atoms with Gasteiger partial charge in [-0.15, -0.1) is 10.2 Å². The number of amides is 1. The van der Waals surface area contributed by atoms with E-state index in [-0.39, 0.29) is 17.3 Å². The number of rotatable bonds is 9. The number of carbonyl (C=O) groups excluding carboxylic acids is 1. The van der Waals surface area contributed by atoms with Crippen molar-refractivity contribution in [3.8, 4) is 11.4 Å². The van der Waals surface area contributed by atoms with Gasteiger partial charge in [-0.05, 0) is 42.7 Å². The fourth-order valence-electron chi connectivity index (χ4n) is 4.23. The second-order valence-corrected chi connectivity index (χ2v) is 10.3. The van der Waals surface area contributed by atoms with Gasteiger partial charge in [0.25, 0.3) is 0 Å². The third-order valence-corrected chi connectivity index (χ3v) is 8.10. The van der Waals surface area contributed by atoms with E-state index in [1.165, 1.54) is 9.10 Å². The molecule has 2 aromatic carbocycles. The number of benzene rings is 2. The lowest BCUT2D eigenvalue weighted by atomic mass is 10.1. The van der Waals surface area contributed by atoms with E-state index in [0.717, 1.165) is 43.6 Å². The van der Waals surface area contributed by atoms with Crippen molar-refractivity contribution >= 4 is 27.3 Å². The Morgan fingerprint density at radius 1 is 1.03 bits per heavy atom. The summed E-state index contributed by atoms with van der Waals surface area (Å²) in [6.45, 7) is 5.92. The molecule has 0 unspecified atom stereocenters. The third kappa shape index (κ3) is 5.68. The van der Waals surface area contributed by atoms with Crippen LogP contribution in [0.3, 0.4) is 0 Å². The van der Waals surface area contributed by atoms with Gasteiger partial charge in [-0.3, -0.25) is 4.79 Å². The molecule has 1 aromatic heterocycles. The number of piperidine rings is 1. The van der Waals surface area contributed by atoms with E-state index >= 15 is 0 Å². The van der Waals surface area contributed by atoms with E-state index in [1.54, 1.807) is 32.0 Å². The van der Waals surface area contributed by atoms with Crippen LogP contribution in [-0.2, 0) is 21.4 Å². The minimum absolute atomic E-state index is 0.147. The second-order valence-electron chi connectivity index (χ2n) is 8.37. The monoisotopic (exact) mass is 497 g/mol. The van der Waals surface area contributed by atoms with Gasteiger partial charge in [0.05, 0.1) is 16.3 Å². The maximum absolute atomic E-state index is 13.1. The largest absolute Gasteiger partial charge is 0.370 e. The molecule has 0 atom stereocenters. The summed E-state index contributed by atoms with van der Waals surface area (Å²) in [5.74, 6) is 0.0670. The van der Waals surface area contributed by atoms with Crippen molar-refractivity contribution < 1.29 is 13.2 Å². The molecule has 11 heteroatoms. The van der Waals surface area contributed by atoms with Crippen molar-refractivity contribution in [2.75, 3.05) is 36.4 Å². The Morgan fingerprint density at radius 3 is 2.43 bits per heavy atom. The molecule has 0 spiro atoms. The predicted octanol–water partition coefficient (Wildman–Crippen LogP) is 3.00. The van der Waals surface area contributed by atoms with E-state index in [4.69, 9.17) is 0 Å². The maximum Gasteiger partial charge on any atom is 0.248 e. The fraction of sp³-hybridized carbons (Fsp3) is 0.417. The smallest absolute Gasteiger partial charge is 0.248 e. The van der Waals surface area contributed by atoms with Crippen LogP contribution in [0.15, 0.2) is 53.4 Å². The van der Waals surface area contributed by atoms with Crippen molar-refractivity contribution in [3.63, 3.8) is 0 Å². The van der Waals surface area contributed by atoms with Crippen LogP contribution in [0.5, 0.6) is 0 Å². The lowest BCUT2D eigenvalue weighted by Gasteiger charge is -2.31. The molecule has 10 nitrogen and oxygen atoms in total. The highest BCUT2D eigenvalue weighted by Crippen LogP contribution is 2.32. The molecule has 0 aliphatic carbocycles. The zero-order valence-corrected chi connectivity index (χ0v) is 20.9. The van der Waals surface area contributed by atoms with Crippen LogP contribution in [0.25, 0.3) is 11.4 Å². The fourth-order valence-corrected chi connectivity index (χ4v) is 5.71.